The van der Waals surface area contributed by atoms with E-state index in [0.29, 0.717) is 0 Å². The molecule has 2 aromatic carbocycles. The first-order valence-corrected chi connectivity index (χ1v) is 7.39. The number of carbonyl (C=O) groups is 1. The number of Topliss-reactive ketones (excluding diaryl/α,β-unsaturated/α-hetero) is 1. The number of nitrogens with zero attached hydrogens (tertiary/aromatic N) is 1. The molecule has 2 heterocycles. The number of hydrogen-bond acceptors (Lipinski definition) is 3. The number of pyridine rings is 1. The highest BCUT2D eigenvalue weighted by molar-refractivity contribution is 6.30. The normalized spacial score (nSPS) is 13.6. The number of fused-ring (bicyclic) bond motifs is 2. The number of para-hydroxylation sites is 1. The number of rotatable bonds is 1. The summed E-state index contributed by atoms with van der Waals surface area (Å²) in [5.74, 6) is 0.0785. The summed E-state index contributed by atoms with van der Waals surface area (Å²) in [7, 11) is 0. The molecule has 3 heteroatoms. The topological polar surface area (TPSA) is 42.0 Å². The van der Waals surface area contributed by atoms with Crippen molar-refractivity contribution in [3.8, 4) is 0 Å². The standard InChI is InChI=1S/C19H16N2O/c1-10-8-9-15-18-17(16(12(3)22)11(2)20-15)13-6-4-5-7-14(13)21-19(10)18/h4-9,20H,1-3H3. The van der Waals surface area contributed by atoms with Crippen LogP contribution in [0.1, 0.15) is 25.0 Å². The predicted octanol–water partition coefficient (Wildman–Crippen LogP) is 4.44. The molecule has 0 atom stereocenters. The molecule has 3 nitrogen and oxygen atoms in total. The molecule has 22 heavy (non-hydrogen) atoms. The van der Waals surface area contributed by atoms with Gasteiger partial charge in [-0.05, 0) is 38.5 Å². The average molecular weight is 288 g/mol. The Hall–Kier alpha value is -2.68. The molecular weight excluding hydrogens is 272 g/mol. The van der Waals surface area contributed by atoms with Gasteiger partial charge in [0.05, 0.1) is 11.0 Å². The lowest BCUT2D eigenvalue weighted by molar-refractivity contribution is -0.111. The smallest absolute Gasteiger partial charge is 0.162 e. The summed E-state index contributed by atoms with van der Waals surface area (Å²) in [6.07, 6.45) is 0. The SMILES string of the molecule is CC(=O)C1=C(C)Nc2ccc(C)c3nc4ccccc4c1c23. The van der Waals surface area contributed by atoms with Gasteiger partial charge in [0.15, 0.2) is 5.78 Å². The minimum Gasteiger partial charge on any atom is -0.358 e. The summed E-state index contributed by atoms with van der Waals surface area (Å²) in [5.41, 5.74) is 6.72. The summed E-state index contributed by atoms with van der Waals surface area (Å²) >= 11 is 0. The van der Waals surface area contributed by atoms with Crippen LogP contribution in [0.5, 0.6) is 0 Å². The molecule has 1 aliphatic rings. The van der Waals surface area contributed by atoms with Gasteiger partial charge in [0, 0.05) is 33.3 Å². The molecule has 3 aromatic rings. The Morgan fingerprint density at radius 3 is 2.64 bits per heavy atom. The van der Waals surface area contributed by atoms with Crippen molar-refractivity contribution >= 4 is 38.8 Å². The Bertz CT molecular complexity index is 999. The van der Waals surface area contributed by atoms with E-state index in [1.54, 1.807) is 6.92 Å². The van der Waals surface area contributed by atoms with Crippen molar-refractivity contribution in [2.24, 2.45) is 0 Å². The van der Waals surface area contributed by atoms with Crippen LogP contribution in [0.3, 0.4) is 0 Å². The minimum absolute atomic E-state index is 0.0785. The molecule has 0 saturated carbocycles. The molecule has 0 spiro atoms. The lowest BCUT2D eigenvalue weighted by atomic mass is 9.88. The van der Waals surface area contributed by atoms with E-state index < -0.39 is 0 Å². The zero-order valence-corrected chi connectivity index (χ0v) is 12.8. The highest BCUT2D eigenvalue weighted by Crippen LogP contribution is 2.42. The van der Waals surface area contributed by atoms with E-state index in [4.69, 9.17) is 4.98 Å². The largest absolute Gasteiger partial charge is 0.358 e. The molecular formula is C19H16N2O. The minimum atomic E-state index is 0.0785. The number of hydrogen-bond donors (Lipinski definition) is 1. The second kappa shape index (κ2) is 4.41. The second-order valence-electron chi connectivity index (χ2n) is 5.84. The molecule has 0 radical (unpaired) electrons. The molecule has 4 rings (SSSR count). The molecule has 1 aliphatic heterocycles. The Morgan fingerprint density at radius 1 is 1.09 bits per heavy atom. The van der Waals surface area contributed by atoms with Gasteiger partial charge < -0.3 is 5.32 Å². The molecule has 0 saturated heterocycles. The van der Waals surface area contributed by atoms with Gasteiger partial charge in [-0.25, -0.2) is 4.98 Å². The first kappa shape index (κ1) is 13.0. The van der Waals surface area contributed by atoms with Crippen LogP contribution in [0, 0.1) is 6.92 Å². The molecule has 0 amide bonds. The highest BCUT2D eigenvalue weighted by atomic mass is 16.1. The average Bonchev–Trinajstić information content (AvgIpc) is 2.50. The van der Waals surface area contributed by atoms with Crippen LogP contribution >= 0.6 is 0 Å². The van der Waals surface area contributed by atoms with Crippen molar-refractivity contribution in [1.29, 1.82) is 0 Å². The van der Waals surface area contributed by atoms with Crippen LogP contribution < -0.4 is 5.32 Å². The van der Waals surface area contributed by atoms with Crippen molar-refractivity contribution in [1.82, 2.24) is 4.98 Å². The summed E-state index contributed by atoms with van der Waals surface area (Å²) in [5, 5.41) is 5.45. The maximum Gasteiger partial charge on any atom is 0.162 e. The Morgan fingerprint density at radius 2 is 1.86 bits per heavy atom. The van der Waals surface area contributed by atoms with Crippen LogP contribution in [0.25, 0.3) is 27.4 Å². The molecule has 1 aromatic heterocycles. The molecule has 1 N–H and O–H groups in total. The Balaban J connectivity index is 2.33. The van der Waals surface area contributed by atoms with E-state index in [9.17, 15) is 4.79 Å². The van der Waals surface area contributed by atoms with Crippen molar-refractivity contribution < 1.29 is 4.79 Å². The monoisotopic (exact) mass is 288 g/mol. The Labute approximate surface area is 128 Å². The number of aryl methyl sites for hydroxylation is 1. The van der Waals surface area contributed by atoms with Gasteiger partial charge >= 0.3 is 0 Å². The molecule has 0 aliphatic carbocycles. The second-order valence-corrected chi connectivity index (χ2v) is 5.84. The number of aromatic nitrogens is 1. The fourth-order valence-electron chi connectivity index (χ4n) is 3.39. The summed E-state index contributed by atoms with van der Waals surface area (Å²) < 4.78 is 0. The summed E-state index contributed by atoms with van der Waals surface area (Å²) in [6, 6.07) is 12.2. The molecule has 0 unspecified atom stereocenters. The molecule has 0 fully saturated rings. The van der Waals surface area contributed by atoms with E-state index in [0.717, 1.165) is 49.9 Å². The first-order chi connectivity index (χ1) is 10.6. The maximum atomic E-state index is 12.3. The van der Waals surface area contributed by atoms with Gasteiger partial charge in [0.1, 0.15) is 0 Å². The van der Waals surface area contributed by atoms with Gasteiger partial charge in [-0.1, -0.05) is 24.3 Å². The lowest BCUT2D eigenvalue weighted by Gasteiger charge is -2.24. The van der Waals surface area contributed by atoms with Crippen molar-refractivity contribution in [3.05, 3.63) is 53.2 Å². The third kappa shape index (κ3) is 1.62. The number of benzene rings is 2. The zero-order valence-electron chi connectivity index (χ0n) is 12.8. The maximum absolute atomic E-state index is 12.3. The van der Waals surface area contributed by atoms with Crippen molar-refractivity contribution in [2.75, 3.05) is 5.32 Å². The van der Waals surface area contributed by atoms with Gasteiger partial charge in [-0.2, -0.15) is 0 Å². The predicted molar refractivity (Wildman–Crippen MR) is 90.9 cm³/mol. The van der Waals surface area contributed by atoms with E-state index in [1.165, 1.54) is 0 Å². The zero-order chi connectivity index (χ0) is 15.4. The van der Waals surface area contributed by atoms with Crippen molar-refractivity contribution in [3.63, 3.8) is 0 Å². The van der Waals surface area contributed by atoms with Gasteiger partial charge in [-0.3, -0.25) is 4.79 Å². The number of ketones is 1. The van der Waals surface area contributed by atoms with E-state index >= 15 is 0 Å². The van der Waals surface area contributed by atoms with Crippen LogP contribution in [0.4, 0.5) is 5.69 Å². The van der Waals surface area contributed by atoms with Crippen LogP contribution in [-0.2, 0) is 4.79 Å². The lowest BCUT2D eigenvalue weighted by Crippen LogP contribution is -2.13. The van der Waals surface area contributed by atoms with E-state index in [2.05, 4.69) is 24.4 Å². The Kier molecular flexibility index (Phi) is 2.61. The fraction of sp³-hybridized carbons (Fsp3) is 0.158. The van der Waals surface area contributed by atoms with Crippen LogP contribution in [0.15, 0.2) is 42.1 Å². The number of anilines is 1. The summed E-state index contributed by atoms with van der Waals surface area (Å²) in [6.45, 7) is 5.65. The van der Waals surface area contributed by atoms with E-state index in [1.807, 2.05) is 31.2 Å². The molecule has 0 bridgehead atoms. The van der Waals surface area contributed by atoms with Crippen molar-refractivity contribution in [2.45, 2.75) is 20.8 Å². The number of carbonyl (C=O) groups excluding carboxylic acids is 1. The van der Waals surface area contributed by atoms with Gasteiger partial charge in [-0.15, -0.1) is 0 Å². The third-order valence-corrected chi connectivity index (χ3v) is 4.33. The van der Waals surface area contributed by atoms with Gasteiger partial charge in [0.25, 0.3) is 0 Å². The highest BCUT2D eigenvalue weighted by Gasteiger charge is 2.25. The third-order valence-electron chi connectivity index (χ3n) is 4.33. The number of nitrogens with one attached hydrogen (secondary N) is 1. The van der Waals surface area contributed by atoms with E-state index in [-0.39, 0.29) is 5.78 Å². The quantitative estimate of drug-likeness (QED) is 0.673. The van der Waals surface area contributed by atoms with Gasteiger partial charge in [0.2, 0.25) is 0 Å². The fourth-order valence-corrected chi connectivity index (χ4v) is 3.39. The van der Waals surface area contributed by atoms with Crippen LogP contribution in [-0.4, -0.2) is 10.8 Å². The molecule has 108 valence electrons. The number of allylic oxidation sites excluding steroid dienone is 2. The summed E-state index contributed by atoms with van der Waals surface area (Å²) in [4.78, 5) is 17.1. The van der Waals surface area contributed by atoms with Crippen LogP contribution in [0.2, 0.25) is 0 Å². The first-order valence-electron chi connectivity index (χ1n) is 7.39.